The van der Waals surface area contributed by atoms with Crippen molar-refractivity contribution in [1.29, 1.82) is 0 Å². The van der Waals surface area contributed by atoms with Gasteiger partial charge in [0.15, 0.2) is 6.54 Å². The lowest BCUT2D eigenvalue weighted by Crippen LogP contribution is -3.10. The maximum Gasteiger partial charge on any atom is 0.294 e. The number of amides is 1. The average molecular weight is 399 g/mol. The highest BCUT2D eigenvalue weighted by molar-refractivity contribution is 6.31. The summed E-state index contributed by atoms with van der Waals surface area (Å²) in [6.07, 6.45) is 0. The number of carbonyl (C=O) groups is 1. The first-order valence-electron chi connectivity index (χ1n) is 7.78. The molecular weight excluding hydrogens is 381 g/mol. The van der Waals surface area contributed by atoms with Gasteiger partial charge in [-0.25, -0.2) is 0 Å². The van der Waals surface area contributed by atoms with Gasteiger partial charge in [-0.2, -0.15) is 0 Å². The van der Waals surface area contributed by atoms with Gasteiger partial charge in [0.25, 0.3) is 11.6 Å². The minimum atomic E-state index is -0.585. The summed E-state index contributed by atoms with van der Waals surface area (Å²) in [7, 11) is 1.83. The molecule has 0 saturated carbocycles. The summed E-state index contributed by atoms with van der Waals surface area (Å²) in [5.74, 6) is 0.364. The molecule has 0 heterocycles. The Bertz CT molecular complexity index is 784. The van der Waals surface area contributed by atoms with E-state index in [2.05, 4.69) is 5.32 Å². The van der Waals surface area contributed by atoms with E-state index in [0.29, 0.717) is 23.9 Å². The molecule has 2 aromatic rings. The molecule has 138 valence electrons. The minimum Gasteiger partial charge on any atom is -0.488 e. The number of halogens is 2. The fraction of sp³-hybridized carbons (Fsp3) is 0.235. The molecule has 0 aliphatic rings. The van der Waals surface area contributed by atoms with E-state index in [4.69, 9.17) is 27.9 Å². The van der Waals surface area contributed by atoms with Crippen LogP contribution in [0.25, 0.3) is 0 Å². The SMILES string of the molecule is C[NH+](CCOc1ccc(Cl)cc1)CC(=O)Nc1ccc(Cl)cc1[N+](=O)[O-]. The molecule has 0 spiro atoms. The first-order chi connectivity index (χ1) is 12.3. The number of nitrogens with one attached hydrogen (secondary N) is 2. The third-order valence-electron chi connectivity index (χ3n) is 3.50. The fourth-order valence-electron chi connectivity index (χ4n) is 2.19. The molecule has 7 nitrogen and oxygen atoms in total. The largest absolute Gasteiger partial charge is 0.488 e. The van der Waals surface area contributed by atoms with Crippen molar-refractivity contribution >= 4 is 40.5 Å². The van der Waals surface area contributed by atoms with E-state index in [-0.39, 0.29) is 28.8 Å². The normalized spacial score (nSPS) is 11.7. The van der Waals surface area contributed by atoms with E-state index in [1.165, 1.54) is 18.2 Å². The van der Waals surface area contributed by atoms with E-state index in [9.17, 15) is 14.9 Å². The monoisotopic (exact) mass is 398 g/mol. The van der Waals surface area contributed by atoms with Gasteiger partial charge in [-0.15, -0.1) is 0 Å². The molecular formula is C17H18Cl2N3O4+. The van der Waals surface area contributed by atoms with Gasteiger partial charge in [0.2, 0.25) is 0 Å². The molecule has 2 aromatic carbocycles. The van der Waals surface area contributed by atoms with Crippen molar-refractivity contribution in [2.24, 2.45) is 0 Å². The molecule has 9 heteroatoms. The van der Waals surface area contributed by atoms with Crippen LogP contribution in [0.3, 0.4) is 0 Å². The molecule has 0 aliphatic heterocycles. The molecule has 2 rings (SSSR count). The van der Waals surface area contributed by atoms with Crippen LogP contribution < -0.4 is 15.0 Å². The summed E-state index contributed by atoms with van der Waals surface area (Å²) in [5, 5.41) is 14.5. The Morgan fingerprint density at radius 2 is 1.85 bits per heavy atom. The number of nitrogens with zero attached hydrogens (tertiary/aromatic N) is 1. The predicted octanol–water partition coefficient (Wildman–Crippen LogP) is 2.43. The molecule has 0 saturated heterocycles. The van der Waals surface area contributed by atoms with Crippen LogP contribution in [0.5, 0.6) is 5.75 Å². The second-order valence-electron chi connectivity index (χ2n) is 5.65. The van der Waals surface area contributed by atoms with Crippen molar-refractivity contribution < 1.29 is 19.4 Å². The van der Waals surface area contributed by atoms with E-state index < -0.39 is 4.92 Å². The zero-order valence-electron chi connectivity index (χ0n) is 14.0. The Balaban J connectivity index is 1.82. The zero-order chi connectivity index (χ0) is 19.1. The van der Waals surface area contributed by atoms with Crippen LogP contribution >= 0.6 is 23.2 Å². The number of carbonyl (C=O) groups excluding carboxylic acids is 1. The van der Waals surface area contributed by atoms with E-state index in [1.807, 2.05) is 7.05 Å². The van der Waals surface area contributed by atoms with Crippen molar-refractivity contribution in [2.75, 3.05) is 32.1 Å². The summed E-state index contributed by atoms with van der Waals surface area (Å²) in [6.45, 7) is 1.14. The van der Waals surface area contributed by atoms with Gasteiger partial charge < -0.3 is 15.0 Å². The molecule has 0 radical (unpaired) electrons. The van der Waals surface area contributed by atoms with Crippen LogP contribution in [0, 0.1) is 10.1 Å². The third-order valence-corrected chi connectivity index (χ3v) is 3.99. The van der Waals surface area contributed by atoms with Gasteiger partial charge in [0, 0.05) is 16.1 Å². The highest BCUT2D eigenvalue weighted by Crippen LogP contribution is 2.27. The van der Waals surface area contributed by atoms with Crippen molar-refractivity contribution in [1.82, 2.24) is 0 Å². The second kappa shape index (κ2) is 9.38. The van der Waals surface area contributed by atoms with E-state index in [1.54, 1.807) is 24.3 Å². The lowest BCUT2D eigenvalue weighted by atomic mass is 10.2. The molecule has 0 bridgehead atoms. The molecule has 1 atom stereocenters. The highest BCUT2D eigenvalue weighted by atomic mass is 35.5. The Hall–Kier alpha value is -2.35. The van der Waals surface area contributed by atoms with Crippen LogP contribution in [0.4, 0.5) is 11.4 Å². The van der Waals surface area contributed by atoms with Gasteiger partial charge in [0.05, 0.1) is 12.0 Å². The number of quaternary nitrogens is 1. The minimum absolute atomic E-state index is 0.120. The Morgan fingerprint density at radius 1 is 1.19 bits per heavy atom. The van der Waals surface area contributed by atoms with Gasteiger partial charge in [-0.3, -0.25) is 14.9 Å². The van der Waals surface area contributed by atoms with Crippen molar-refractivity contribution in [3.8, 4) is 5.75 Å². The second-order valence-corrected chi connectivity index (χ2v) is 6.53. The van der Waals surface area contributed by atoms with Gasteiger partial charge in [-0.05, 0) is 36.4 Å². The van der Waals surface area contributed by atoms with Crippen molar-refractivity contribution in [2.45, 2.75) is 0 Å². The maximum atomic E-state index is 12.1. The number of benzene rings is 2. The highest BCUT2D eigenvalue weighted by Gasteiger charge is 2.18. The Kier molecular flexibility index (Phi) is 7.20. The lowest BCUT2D eigenvalue weighted by Gasteiger charge is -2.14. The molecule has 1 unspecified atom stereocenters. The van der Waals surface area contributed by atoms with Crippen LogP contribution in [-0.4, -0.2) is 37.6 Å². The zero-order valence-corrected chi connectivity index (χ0v) is 15.5. The lowest BCUT2D eigenvalue weighted by molar-refractivity contribution is -0.871. The summed E-state index contributed by atoms with van der Waals surface area (Å²) >= 11 is 11.6. The standard InChI is InChI=1S/C17H17Cl2N3O4/c1-21(8-9-26-14-5-2-12(18)3-6-14)11-17(23)20-15-7-4-13(19)10-16(15)22(24)25/h2-7,10H,8-9,11H2,1H3,(H,20,23)/p+1. The number of hydrogen-bond donors (Lipinski definition) is 2. The number of nitro groups is 1. The molecule has 0 aliphatic carbocycles. The van der Waals surface area contributed by atoms with Crippen LogP contribution in [0.15, 0.2) is 42.5 Å². The first-order valence-corrected chi connectivity index (χ1v) is 8.54. The Morgan fingerprint density at radius 3 is 2.50 bits per heavy atom. The fourth-order valence-corrected chi connectivity index (χ4v) is 2.48. The number of rotatable bonds is 8. The molecule has 1 amide bonds. The van der Waals surface area contributed by atoms with E-state index >= 15 is 0 Å². The maximum absolute atomic E-state index is 12.1. The van der Waals surface area contributed by atoms with Gasteiger partial charge in [-0.1, -0.05) is 23.2 Å². The Labute approximate surface area is 160 Å². The average Bonchev–Trinajstić information content (AvgIpc) is 2.58. The molecule has 0 aromatic heterocycles. The van der Waals surface area contributed by atoms with Gasteiger partial charge >= 0.3 is 0 Å². The van der Waals surface area contributed by atoms with Gasteiger partial charge in [0.1, 0.15) is 24.6 Å². The smallest absolute Gasteiger partial charge is 0.294 e. The number of ether oxygens (including phenoxy) is 1. The number of nitro benzene ring substituents is 1. The number of anilines is 1. The summed E-state index contributed by atoms with van der Waals surface area (Å²) in [6, 6.07) is 11.1. The number of likely N-dealkylation sites (N-methyl/N-ethyl adjacent to an activating group) is 1. The predicted molar refractivity (Wildman–Crippen MR) is 100 cm³/mol. The summed E-state index contributed by atoms with van der Waals surface area (Å²) in [4.78, 5) is 23.5. The first kappa shape index (κ1) is 20.0. The molecule has 0 fully saturated rings. The quantitative estimate of drug-likeness (QED) is 0.528. The molecule has 2 N–H and O–H groups in total. The summed E-state index contributed by atoms with van der Waals surface area (Å²) in [5.41, 5.74) is -0.121. The van der Waals surface area contributed by atoms with Crippen LogP contribution in [0.1, 0.15) is 0 Å². The molecule has 26 heavy (non-hydrogen) atoms. The van der Waals surface area contributed by atoms with Crippen LogP contribution in [0.2, 0.25) is 10.0 Å². The van der Waals surface area contributed by atoms with E-state index in [0.717, 1.165) is 4.90 Å². The van der Waals surface area contributed by atoms with Crippen molar-refractivity contribution in [3.05, 3.63) is 62.6 Å². The number of hydrogen-bond acceptors (Lipinski definition) is 4. The third kappa shape index (κ3) is 6.18. The topological polar surface area (TPSA) is 85.9 Å². The van der Waals surface area contributed by atoms with Crippen molar-refractivity contribution in [3.63, 3.8) is 0 Å². The summed E-state index contributed by atoms with van der Waals surface area (Å²) < 4.78 is 5.58. The van der Waals surface area contributed by atoms with Crippen LogP contribution in [-0.2, 0) is 4.79 Å².